The summed E-state index contributed by atoms with van der Waals surface area (Å²) in [5.74, 6) is -0.420. The highest BCUT2D eigenvalue weighted by Gasteiger charge is 2.30. The number of carbonyl (C=O) groups excluding carboxylic acids is 1. The minimum Gasteiger partial charge on any atom is -0.398 e. The molecule has 8 heteroatoms. The molecule has 0 atom stereocenters. The molecule has 4 aromatic carbocycles. The second-order valence-corrected chi connectivity index (χ2v) is 8.80. The van der Waals surface area contributed by atoms with Gasteiger partial charge in [0.05, 0.1) is 22.5 Å². The van der Waals surface area contributed by atoms with E-state index in [4.69, 9.17) is 17.3 Å². The van der Waals surface area contributed by atoms with E-state index in [9.17, 15) is 18.0 Å². The molecule has 4 aromatic rings. The topological polar surface area (TPSA) is 67.5 Å². The molecule has 0 spiro atoms. The van der Waals surface area contributed by atoms with Crippen molar-refractivity contribution in [2.75, 3.05) is 11.1 Å². The first-order valence-electron chi connectivity index (χ1n) is 11.0. The first-order valence-corrected chi connectivity index (χ1v) is 11.4. The molecule has 0 unspecified atom stereocenters. The minimum absolute atomic E-state index is 0.203. The summed E-state index contributed by atoms with van der Waals surface area (Å²) in [7, 11) is 0. The van der Waals surface area contributed by atoms with Gasteiger partial charge in [-0.15, -0.1) is 0 Å². The number of carbonyl (C=O) groups is 1. The van der Waals surface area contributed by atoms with Gasteiger partial charge in [0.2, 0.25) is 0 Å². The van der Waals surface area contributed by atoms with Gasteiger partial charge in [0.25, 0.3) is 5.91 Å². The van der Waals surface area contributed by atoms with Crippen LogP contribution in [0.15, 0.2) is 89.9 Å². The molecule has 0 bridgehead atoms. The zero-order chi connectivity index (χ0) is 25.4. The van der Waals surface area contributed by atoms with E-state index in [1.807, 2.05) is 24.3 Å². The number of aliphatic imine (C=N–C) groups is 1. The van der Waals surface area contributed by atoms with Crippen LogP contribution in [-0.4, -0.2) is 11.6 Å². The van der Waals surface area contributed by atoms with Gasteiger partial charge in [0.15, 0.2) is 0 Å². The molecular formula is C28H19ClF3N3O. The monoisotopic (exact) mass is 505 g/mol. The van der Waals surface area contributed by atoms with E-state index in [1.54, 1.807) is 36.4 Å². The smallest absolute Gasteiger partial charge is 0.398 e. The molecule has 0 aromatic heterocycles. The molecule has 180 valence electrons. The van der Waals surface area contributed by atoms with Crippen LogP contribution in [0.2, 0.25) is 5.02 Å². The van der Waals surface area contributed by atoms with Crippen LogP contribution in [0.4, 0.5) is 30.2 Å². The molecule has 1 amide bonds. The number of benzene rings is 4. The van der Waals surface area contributed by atoms with Crippen LogP contribution >= 0.6 is 11.6 Å². The number of hydrogen-bond acceptors (Lipinski definition) is 3. The largest absolute Gasteiger partial charge is 0.416 e. The third-order valence-electron chi connectivity index (χ3n) is 5.98. The van der Waals surface area contributed by atoms with Gasteiger partial charge in [-0.2, -0.15) is 13.2 Å². The Morgan fingerprint density at radius 1 is 0.917 bits per heavy atom. The number of hydrogen-bond donors (Lipinski definition) is 2. The summed E-state index contributed by atoms with van der Waals surface area (Å²) >= 11 is 6.43. The summed E-state index contributed by atoms with van der Waals surface area (Å²) < 4.78 is 38.5. The number of fused-ring (bicyclic) bond motifs is 1. The molecule has 1 aliphatic heterocycles. The average Bonchev–Trinajstić information content (AvgIpc) is 3.29. The van der Waals surface area contributed by atoms with Gasteiger partial charge in [-0.25, -0.2) is 0 Å². The zero-order valence-corrected chi connectivity index (χ0v) is 19.5. The lowest BCUT2D eigenvalue weighted by molar-refractivity contribution is -0.137. The molecule has 3 N–H and O–H groups in total. The number of anilines is 2. The van der Waals surface area contributed by atoms with E-state index in [0.29, 0.717) is 28.3 Å². The van der Waals surface area contributed by atoms with Crippen LogP contribution in [0.25, 0.3) is 11.1 Å². The van der Waals surface area contributed by atoms with Crippen LogP contribution in [0.1, 0.15) is 27.0 Å². The van der Waals surface area contributed by atoms with Crippen molar-refractivity contribution in [3.63, 3.8) is 0 Å². The Hall–Kier alpha value is -4.10. The van der Waals surface area contributed by atoms with Gasteiger partial charge in [-0.3, -0.25) is 9.79 Å². The predicted molar refractivity (Wildman–Crippen MR) is 137 cm³/mol. The highest BCUT2D eigenvalue weighted by Crippen LogP contribution is 2.33. The molecule has 4 nitrogen and oxygen atoms in total. The first-order chi connectivity index (χ1) is 17.2. The Morgan fingerprint density at radius 2 is 1.64 bits per heavy atom. The lowest BCUT2D eigenvalue weighted by Crippen LogP contribution is -2.14. The van der Waals surface area contributed by atoms with Crippen molar-refractivity contribution in [1.82, 2.24) is 0 Å². The highest BCUT2D eigenvalue weighted by molar-refractivity contribution is 6.34. The maximum absolute atomic E-state index is 13.0. The Bertz CT molecular complexity index is 1510. The van der Waals surface area contributed by atoms with Crippen LogP contribution in [0, 0.1) is 0 Å². The fourth-order valence-electron chi connectivity index (χ4n) is 4.11. The Kier molecular flexibility index (Phi) is 6.02. The second-order valence-electron chi connectivity index (χ2n) is 8.39. The van der Waals surface area contributed by atoms with Gasteiger partial charge >= 0.3 is 6.18 Å². The molecular weight excluding hydrogens is 487 g/mol. The van der Waals surface area contributed by atoms with Crippen LogP contribution in [-0.2, 0) is 12.6 Å². The van der Waals surface area contributed by atoms with E-state index in [0.717, 1.165) is 34.7 Å². The number of para-hydroxylation sites is 1. The van der Waals surface area contributed by atoms with Gasteiger partial charge < -0.3 is 11.1 Å². The van der Waals surface area contributed by atoms with Crippen molar-refractivity contribution in [1.29, 1.82) is 0 Å². The Balaban J connectivity index is 1.35. The SMILES string of the molecule is Nc1cc(-c2ccc(C(F)(F)F)cc2)ccc1C(=O)Nc1ccc(Cl)c(C2=Nc3ccccc3C2)c1. The Morgan fingerprint density at radius 3 is 2.33 bits per heavy atom. The number of rotatable bonds is 4. The van der Waals surface area contributed by atoms with Crippen molar-refractivity contribution < 1.29 is 18.0 Å². The van der Waals surface area contributed by atoms with Gasteiger partial charge in [-0.05, 0) is 65.2 Å². The number of amides is 1. The fraction of sp³-hybridized carbons (Fsp3) is 0.0714. The molecule has 0 aliphatic carbocycles. The van der Waals surface area contributed by atoms with Crippen molar-refractivity contribution in [3.8, 4) is 11.1 Å². The summed E-state index contributed by atoms with van der Waals surface area (Å²) in [6.07, 6.45) is -3.76. The van der Waals surface area contributed by atoms with Crippen molar-refractivity contribution in [3.05, 3.63) is 112 Å². The predicted octanol–water partition coefficient (Wildman–Crippen LogP) is 7.54. The molecule has 5 rings (SSSR count). The van der Waals surface area contributed by atoms with Crippen LogP contribution < -0.4 is 11.1 Å². The standard InChI is InChI=1S/C28H19ClF3N3O/c29-23-12-10-20(15-22(23)26-14-18-3-1-2-4-25(18)35-26)34-27(36)21-11-7-17(13-24(21)33)16-5-8-19(9-6-16)28(30,31)32/h1-13,15H,14,33H2,(H,34,36). The van der Waals surface area contributed by atoms with E-state index >= 15 is 0 Å². The number of nitrogen functional groups attached to an aromatic ring is 1. The Labute approximate surface area is 210 Å². The third kappa shape index (κ3) is 4.70. The first kappa shape index (κ1) is 23.6. The summed E-state index contributed by atoms with van der Waals surface area (Å²) in [6, 6.07) is 22.5. The number of halogens is 4. The van der Waals surface area contributed by atoms with E-state index in [1.165, 1.54) is 12.1 Å². The average molecular weight is 506 g/mol. The maximum atomic E-state index is 13.0. The molecule has 36 heavy (non-hydrogen) atoms. The van der Waals surface area contributed by atoms with Gasteiger partial charge in [0, 0.05) is 28.4 Å². The van der Waals surface area contributed by atoms with Crippen molar-refractivity contribution in [2.45, 2.75) is 12.6 Å². The highest BCUT2D eigenvalue weighted by atomic mass is 35.5. The lowest BCUT2D eigenvalue weighted by atomic mass is 10.0. The minimum atomic E-state index is -4.41. The van der Waals surface area contributed by atoms with Crippen molar-refractivity contribution in [2.24, 2.45) is 4.99 Å². The number of alkyl halides is 3. The molecule has 0 saturated carbocycles. The van der Waals surface area contributed by atoms with Gasteiger partial charge in [0.1, 0.15) is 0 Å². The normalized spacial score (nSPS) is 12.7. The molecule has 1 heterocycles. The van der Waals surface area contributed by atoms with E-state index in [2.05, 4.69) is 10.3 Å². The second kappa shape index (κ2) is 9.17. The van der Waals surface area contributed by atoms with Crippen molar-refractivity contribution >= 4 is 40.3 Å². The van der Waals surface area contributed by atoms with Crippen LogP contribution in [0.5, 0.6) is 0 Å². The number of nitrogens with two attached hydrogens (primary N) is 1. The molecule has 0 saturated heterocycles. The number of nitrogens with one attached hydrogen (secondary N) is 1. The lowest BCUT2D eigenvalue weighted by Gasteiger charge is -2.12. The molecule has 0 fully saturated rings. The molecule has 0 radical (unpaired) electrons. The van der Waals surface area contributed by atoms with Gasteiger partial charge in [-0.1, -0.05) is 48.0 Å². The number of nitrogens with zero attached hydrogens (tertiary/aromatic N) is 1. The maximum Gasteiger partial charge on any atom is 0.416 e. The summed E-state index contributed by atoms with van der Waals surface area (Å²) in [5.41, 5.74) is 11.1. The van der Waals surface area contributed by atoms with E-state index < -0.39 is 17.6 Å². The molecule has 1 aliphatic rings. The summed E-state index contributed by atoms with van der Waals surface area (Å²) in [5, 5.41) is 3.36. The van der Waals surface area contributed by atoms with Crippen LogP contribution in [0.3, 0.4) is 0 Å². The quantitative estimate of drug-likeness (QED) is 0.281. The van der Waals surface area contributed by atoms with E-state index in [-0.39, 0.29) is 11.3 Å². The summed E-state index contributed by atoms with van der Waals surface area (Å²) in [4.78, 5) is 17.6. The third-order valence-corrected chi connectivity index (χ3v) is 6.31. The zero-order valence-electron chi connectivity index (χ0n) is 18.7. The summed E-state index contributed by atoms with van der Waals surface area (Å²) in [6.45, 7) is 0. The fourth-order valence-corrected chi connectivity index (χ4v) is 4.34.